The molecule has 0 aliphatic heterocycles. The highest BCUT2D eigenvalue weighted by molar-refractivity contribution is 5.72. The molecule has 0 aromatic heterocycles. The average Bonchev–Trinajstić information content (AvgIpc) is 3.02. The van der Waals surface area contributed by atoms with Gasteiger partial charge in [-0.15, -0.1) is 0 Å². The van der Waals surface area contributed by atoms with Crippen LogP contribution in [0.25, 0.3) is 0 Å². The van der Waals surface area contributed by atoms with Gasteiger partial charge in [-0.25, -0.2) is 0 Å². The van der Waals surface area contributed by atoms with E-state index in [1.807, 2.05) is 13.0 Å². The molecule has 5 rings (SSSR count). The van der Waals surface area contributed by atoms with Crippen molar-refractivity contribution in [2.45, 2.75) is 83.2 Å². The van der Waals surface area contributed by atoms with Crippen molar-refractivity contribution in [3.8, 4) is 5.75 Å². The first-order valence-corrected chi connectivity index (χ1v) is 10.5. The molecule has 2 bridgehead atoms. The largest absolute Gasteiger partial charge is 0.427 e. The van der Waals surface area contributed by atoms with Crippen LogP contribution in [0.1, 0.15) is 82.3 Å². The molecule has 4 aliphatic carbocycles. The highest BCUT2D eigenvalue weighted by Gasteiger charge is 2.73. The number of hydrogen-bond donors (Lipinski definition) is 1. The van der Waals surface area contributed by atoms with Crippen molar-refractivity contribution in [2.75, 3.05) is 0 Å². The molecule has 3 heteroatoms. The highest BCUT2D eigenvalue weighted by Crippen LogP contribution is 2.77. The zero-order valence-corrected chi connectivity index (χ0v) is 16.0. The van der Waals surface area contributed by atoms with E-state index in [1.54, 1.807) is 0 Å². The molecule has 0 amide bonds. The summed E-state index contributed by atoms with van der Waals surface area (Å²) in [6.07, 6.45) is 9.47. The number of hydrogen-bond acceptors (Lipinski definition) is 3. The van der Waals surface area contributed by atoms with E-state index in [1.165, 1.54) is 36.8 Å². The molecule has 0 unspecified atom stereocenters. The Bertz CT molecular complexity index is 759. The average molecular weight is 354 g/mol. The van der Waals surface area contributed by atoms with E-state index < -0.39 is 5.60 Å². The molecule has 3 nitrogen and oxygen atoms in total. The normalized spacial score (nSPS) is 42.7. The molecule has 0 saturated heterocycles. The van der Waals surface area contributed by atoms with Gasteiger partial charge in [-0.3, -0.25) is 4.79 Å². The fraction of sp³-hybridized carbons (Fsp3) is 0.696. The standard InChI is InChI=1S/C23H30O3/c1-3-20(24)26-16-5-6-17-15(14-16)4-7-19-18(17)8-9-21(2)22(19)10-12-23(21,25)13-11-22/h5-6,14,18-19,25H,3-4,7-13H2,1-2H3/t18-,19-,21+,22?,23?/m1/s1. The number of aryl methyl sites for hydroxylation is 1. The number of rotatable bonds is 2. The maximum atomic E-state index is 11.6. The zero-order valence-electron chi connectivity index (χ0n) is 16.0. The van der Waals surface area contributed by atoms with Crippen LogP contribution in [0.2, 0.25) is 0 Å². The summed E-state index contributed by atoms with van der Waals surface area (Å²) in [7, 11) is 0. The summed E-state index contributed by atoms with van der Waals surface area (Å²) in [6, 6.07) is 6.31. The minimum Gasteiger partial charge on any atom is -0.427 e. The summed E-state index contributed by atoms with van der Waals surface area (Å²) in [5.41, 5.74) is 2.91. The minimum absolute atomic E-state index is 0.120. The lowest BCUT2D eigenvalue weighted by molar-refractivity contribution is -0.134. The number of aliphatic hydroxyl groups is 1. The molecule has 140 valence electrons. The van der Waals surface area contributed by atoms with Crippen LogP contribution < -0.4 is 4.74 Å². The van der Waals surface area contributed by atoms with Gasteiger partial charge in [0.15, 0.2) is 0 Å². The van der Waals surface area contributed by atoms with Gasteiger partial charge < -0.3 is 9.84 Å². The second-order valence-electron chi connectivity index (χ2n) is 9.50. The van der Waals surface area contributed by atoms with Crippen LogP contribution in [0.15, 0.2) is 18.2 Å². The van der Waals surface area contributed by atoms with Crippen molar-refractivity contribution in [3.05, 3.63) is 29.3 Å². The molecule has 1 aromatic carbocycles. The van der Waals surface area contributed by atoms with Gasteiger partial charge in [0.2, 0.25) is 0 Å². The van der Waals surface area contributed by atoms with E-state index in [0.717, 1.165) is 25.7 Å². The van der Waals surface area contributed by atoms with Crippen LogP contribution in [-0.4, -0.2) is 16.7 Å². The van der Waals surface area contributed by atoms with E-state index in [-0.39, 0.29) is 11.4 Å². The van der Waals surface area contributed by atoms with E-state index >= 15 is 0 Å². The SMILES string of the molecule is CCC(=O)Oc1ccc2c(c1)CC[C@@H]1[C@@H]2CC[C@]2(C)C3(O)CCC12CC3. The maximum Gasteiger partial charge on any atom is 0.310 e. The molecule has 0 radical (unpaired) electrons. The van der Waals surface area contributed by atoms with E-state index in [9.17, 15) is 9.90 Å². The summed E-state index contributed by atoms with van der Waals surface area (Å²) in [5.74, 6) is 1.85. The smallest absolute Gasteiger partial charge is 0.310 e. The Labute approximate surface area is 156 Å². The zero-order chi connectivity index (χ0) is 18.2. The first-order chi connectivity index (χ1) is 12.4. The summed E-state index contributed by atoms with van der Waals surface area (Å²) >= 11 is 0. The molecule has 4 aliphatic rings. The molecule has 26 heavy (non-hydrogen) atoms. The Balaban J connectivity index is 1.49. The quantitative estimate of drug-likeness (QED) is 0.616. The van der Waals surface area contributed by atoms with Crippen molar-refractivity contribution >= 4 is 5.97 Å². The van der Waals surface area contributed by atoms with Gasteiger partial charge in [-0.1, -0.05) is 19.9 Å². The van der Waals surface area contributed by atoms with Crippen LogP contribution in [0.4, 0.5) is 0 Å². The molecular weight excluding hydrogens is 324 g/mol. The Kier molecular flexibility index (Phi) is 3.45. The number of ether oxygens (including phenoxy) is 1. The number of carbonyl (C=O) groups is 1. The maximum absolute atomic E-state index is 11.6. The van der Waals surface area contributed by atoms with Gasteiger partial charge in [-0.2, -0.15) is 0 Å². The van der Waals surface area contributed by atoms with Crippen molar-refractivity contribution in [1.29, 1.82) is 0 Å². The van der Waals surface area contributed by atoms with Crippen molar-refractivity contribution in [3.63, 3.8) is 0 Å². The van der Waals surface area contributed by atoms with Crippen molar-refractivity contribution in [1.82, 2.24) is 0 Å². The fourth-order valence-corrected chi connectivity index (χ4v) is 7.56. The molecule has 0 spiro atoms. The lowest BCUT2D eigenvalue weighted by atomic mass is 9.48. The predicted octanol–water partition coefficient (Wildman–Crippen LogP) is 4.75. The first-order valence-electron chi connectivity index (χ1n) is 10.5. The fourth-order valence-electron chi connectivity index (χ4n) is 7.56. The molecule has 3 fully saturated rings. The molecular formula is C23H30O3. The molecule has 1 N–H and O–H groups in total. The number of benzene rings is 1. The molecule has 0 heterocycles. The van der Waals surface area contributed by atoms with E-state index in [4.69, 9.17) is 4.74 Å². The van der Waals surface area contributed by atoms with Gasteiger partial charge in [-0.05, 0) is 91.9 Å². The Morgan fingerprint density at radius 3 is 2.69 bits per heavy atom. The van der Waals surface area contributed by atoms with Crippen molar-refractivity contribution in [2.24, 2.45) is 16.7 Å². The lowest BCUT2D eigenvalue weighted by Gasteiger charge is -2.56. The third kappa shape index (κ3) is 1.91. The summed E-state index contributed by atoms with van der Waals surface area (Å²) in [6.45, 7) is 4.22. The van der Waals surface area contributed by atoms with Gasteiger partial charge >= 0.3 is 5.97 Å². The third-order valence-corrected chi connectivity index (χ3v) is 9.01. The van der Waals surface area contributed by atoms with Crippen LogP contribution in [-0.2, 0) is 11.2 Å². The summed E-state index contributed by atoms with van der Waals surface area (Å²) < 4.78 is 5.44. The summed E-state index contributed by atoms with van der Waals surface area (Å²) in [5, 5.41) is 11.3. The predicted molar refractivity (Wildman–Crippen MR) is 100 cm³/mol. The van der Waals surface area contributed by atoms with E-state index in [0.29, 0.717) is 29.4 Å². The molecule has 3 saturated carbocycles. The second-order valence-corrected chi connectivity index (χ2v) is 9.50. The van der Waals surface area contributed by atoms with Gasteiger partial charge in [0.1, 0.15) is 5.75 Å². The van der Waals surface area contributed by atoms with Gasteiger partial charge in [0.25, 0.3) is 0 Å². The van der Waals surface area contributed by atoms with Crippen LogP contribution >= 0.6 is 0 Å². The number of carbonyl (C=O) groups excluding carboxylic acids is 1. The van der Waals surface area contributed by atoms with E-state index in [2.05, 4.69) is 19.1 Å². The molecule has 3 atom stereocenters. The summed E-state index contributed by atoms with van der Waals surface area (Å²) in [4.78, 5) is 11.6. The van der Waals surface area contributed by atoms with Crippen molar-refractivity contribution < 1.29 is 14.6 Å². The topological polar surface area (TPSA) is 46.5 Å². The van der Waals surface area contributed by atoms with Gasteiger partial charge in [0.05, 0.1) is 5.60 Å². The highest BCUT2D eigenvalue weighted by atomic mass is 16.5. The Morgan fingerprint density at radius 1 is 1.19 bits per heavy atom. The first kappa shape index (κ1) is 16.8. The third-order valence-electron chi connectivity index (χ3n) is 9.01. The van der Waals surface area contributed by atoms with Crippen LogP contribution in [0.5, 0.6) is 5.75 Å². The second kappa shape index (κ2) is 5.34. The molecule has 1 aromatic rings. The number of fused-ring (bicyclic) bond motifs is 3. The minimum atomic E-state index is -0.406. The Hall–Kier alpha value is -1.35. The number of esters is 1. The van der Waals surface area contributed by atoms with Crippen LogP contribution in [0, 0.1) is 16.7 Å². The van der Waals surface area contributed by atoms with Gasteiger partial charge in [0, 0.05) is 11.8 Å². The monoisotopic (exact) mass is 354 g/mol. The lowest BCUT2D eigenvalue weighted by Crippen LogP contribution is -2.51. The Morgan fingerprint density at radius 2 is 1.96 bits per heavy atom. The van der Waals surface area contributed by atoms with Crippen LogP contribution in [0.3, 0.4) is 0 Å².